The van der Waals surface area contributed by atoms with Crippen molar-refractivity contribution in [1.29, 1.82) is 0 Å². The molecule has 1 aromatic heterocycles. The number of hydrogen-bond acceptors (Lipinski definition) is 2. The lowest BCUT2D eigenvalue weighted by atomic mass is 10.2. The van der Waals surface area contributed by atoms with Crippen molar-refractivity contribution in [3.05, 3.63) is 47.3 Å². The molecule has 0 spiro atoms. The molecule has 2 rings (SSSR count). The molecule has 1 N–H and O–H groups in total. The third-order valence-electron chi connectivity index (χ3n) is 2.79. The highest BCUT2D eigenvalue weighted by Gasteiger charge is 2.34. The number of nitrogens with one attached hydrogen (secondary N) is 1. The van der Waals surface area contributed by atoms with Gasteiger partial charge in [0.15, 0.2) is 5.69 Å². The molecule has 0 saturated heterocycles. The highest BCUT2D eigenvalue weighted by Crippen LogP contribution is 2.28. The molecular weight excluding hydrogens is 255 g/mol. The van der Waals surface area contributed by atoms with E-state index in [0.29, 0.717) is 12.2 Å². The van der Waals surface area contributed by atoms with Gasteiger partial charge in [0.25, 0.3) is 0 Å². The maximum Gasteiger partial charge on any atom is 0.435 e. The third-order valence-corrected chi connectivity index (χ3v) is 2.79. The largest absolute Gasteiger partial charge is 0.435 e. The SMILES string of the molecule is Cc1ccc(NCc2cc(C(F)(F)F)nn2C)cc1. The first kappa shape index (κ1) is 13.5. The Bertz CT molecular complexity index is 556. The molecule has 0 aliphatic rings. The molecule has 0 radical (unpaired) electrons. The molecule has 2 aromatic rings. The number of aryl methyl sites for hydroxylation is 2. The number of hydrogen-bond donors (Lipinski definition) is 1. The van der Waals surface area contributed by atoms with E-state index in [0.717, 1.165) is 17.3 Å². The monoisotopic (exact) mass is 269 g/mol. The Labute approximate surface area is 109 Å². The summed E-state index contributed by atoms with van der Waals surface area (Å²) in [5.74, 6) is 0. The highest BCUT2D eigenvalue weighted by atomic mass is 19.4. The van der Waals surface area contributed by atoms with E-state index in [2.05, 4.69) is 10.4 Å². The van der Waals surface area contributed by atoms with E-state index in [1.807, 2.05) is 31.2 Å². The van der Waals surface area contributed by atoms with Gasteiger partial charge in [0.1, 0.15) is 0 Å². The van der Waals surface area contributed by atoms with E-state index in [9.17, 15) is 13.2 Å². The molecule has 3 nitrogen and oxygen atoms in total. The molecular formula is C13H14F3N3. The van der Waals surface area contributed by atoms with Gasteiger partial charge in [-0.3, -0.25) is 4.68 Å². The third kappa shape index (κ3) is 3.27. The van der Waals surface area contributed by atoms with Crippen LogP contribution in [0.2, 0.25) is 0 Å². The smallest absolute Gasteiger partial charge is 0.379 e. The van der Waals surface area contributed by atoms with E-state index in [1.54, 1.807) is 0 Å². The summed E-state index contributed by atoms with van der Waals surface area (Å²) in [4.78, 5) is 0. The van der Waals surface area contributed by atoms with Gasteiger partial charge in [-0.15, -0.1) is 0 Å². The van der Waals surface area contributed by atoms with Crippen molar-refractivity contribution in [2.45, 2.75) is 19.6 Å². The Morgan fingerprint density at radius 3 is 2.37 bits per heavy atom. The van der Waals surface area contributed by atoms with Crippen LogP contribution >= 0.6 is 0 Å². The summed E-state index contributed by atoms with van der Waals surface area (Å²) < 4.78 is 38.7. The molecule has 0 aliphatic heterocycles. The van der Waals surface area contributed by atoms with Crippen LogP contribution in [-0.4, -0.2) is 9.78 Å². The zero-order chi connectivity index (χ0) is 14.0. The van der Waals surface area contributed by atoms with Gasteiger partial charge in [0.05, 0.1) is 12.2 Å². The lowest BCUT2D eigenvalue weighted by molar-refractivity contribution is -0.141. The fourth-order valence-electron chi connectivity index (χ4n) is 1.67. The molecule has 6 heteroatoms. The average molecular weight is 269 g/mol. The van der Waals surface area contributed by atoms with Crippen LogP contribution in [0.5, 0.6) is 0 Å². The van der Waals surface area contributed by atoms with Gasteiger partial charge >= 0.3 is 6.18 Å². The Hall–Kier alpha value is -1.98. The number of anilines is 1. The lowest BCUT2D eigenvalue weighted by Gasteiger charge is -2.06. The second kappa shape index (κ2) is 4.95. The normalized spacial score (nSPS) is 11.6. The Kier molecular flexibility index (Phi) is 3.50. The van der Waals surface area contributed by atoms with Crippen molar-refractivity contribution < 1.29 is 13.2 Å². The molecule has 1 heterocycles. The summed E-state index contributed by atoms with van der Waals surface area (Å²) in [5.41, 5.74) is 1.61. The van der Waals surface area contributed by atoms with E-state index >= 15 is 0 Å². The van der Waals surface area contributed by atoms with Crippen molar-refractivity contribution >= 4 is 5.69 Å². The number of benzene rings is 1. The van der Waals surface area contributed by atoms with Crippen molar-refractivity contribution in [2.24, 2.45) is 7.05 Å². The second-order valence-electron chi connectivity index (χ2n) is 4.36. The van der Waals surface area contributed by atoms with Crippen LogP contribution in [-0.2, 0) is 19.8 Å². The minimum atomic E-state index is -4.40. The van der Waals surface area contributed by atoms with Crippen LogP contribution in [0.4, 0.5) is 18.9 Å². The van der Waals surface area contributed by atoms with Crippen LogP contribution in [0.25, 0.3) is 0 Å². The van der Waals surface area contributed by atoms with E-state index < -0.39 is 11.9 Å². The highest BCUT2D eigenvalue weighted by molar-refractivity contribution is 5.44. The number of aromatic nitrogens is 2. The Balaban J connectivity index is 2.07. The number of rotatable bonds is 3. The summed E-state index contributed by atoms with van der Waals surface area (Å²) >= 11 is 0. The van der Waals surface area contributed by atoms with Gasteiger partial charge in [0.2, 0.25) is 0 Å². The van der Waals surface area contributed by atoms with Crippen molar-refractivity contribution in [1.82, 2.24) is 9.78 Å². The zero-order valence-electron chi connectivity index (χ0n) is 10.6. The first-order valence-corrected chi connectivity index (χ1v) is 5.77. The molecule has 0 amide bonds. The first-order chi connectivity index (χ1) is 8.86. The standard InChI is InChI=1S/C13H14F3N3/c1-9-3-5-10(6-4-9)17-8-11-7-12(13(14,15)16)18-19(11)2/h3-7,17H,8H2,1-2H3. The summed E-state index contributed by atoms with van der Waals surface area (Å²) in [7, 11) is 1.50. The Morgan fingerprint density at radius 1 is 1.21 bits per heavy atom. The molecule has 0 atom stereocenters. The average Bonchev–Trinajstić information content (AvgIpc) is 2.70. The summed E-state index contributed by atoms with van der Waals surface area (Å²) in [6, 6.07) is 8.70. The molecule has 0 fully saturated rings. The fraction of sp³-hybridized carbons (Fsp3) is 0.308. The lowest BCUT2D eigenvalue weighted by Crippen LogP contribution is -2.07. The molecule has 0 unspecified atom stereocenters. The van der Waals surface area contributed by atoms with Crippen molar-refractivity contribution in [2.75, 3.05) is 5.32 Å². The number of nitrogens with zero attached hydrogens (tertiary/aromatic N) is 2. The molecule has 0 aliphatic carbocycles. The molecule has 19 heavy (non-hydrogen) atoms. The maximum absolute atomic E-state index is 12.5. The van der Waals surface area contributed by atoms with Gasteiger partial charge in [0, 0.05) is 12.7 Å². The predicted molar refractivity (Wildman–Crippen MR) is 66.7 cm³/mol. The summed E-state index contributed by atoms with van der Waals surface area (Å²) in [6.45, 7) is 2.27. The summed E-state index contributed by atoms with van der Waals surface area (Å²) in [5, 5.41) is 6.53. The van der Waals surface area contributed by atoms with Crippen LogP contribution in [0.3, 0.4) is 0 Å². The first-order valence-electron chi connectivity index (χ1n) is 5.77. The van der Waals surface area contributed by atoms with E-state index in [1.165, 1.54) is 11.7 Å². The molecule has 1 aromatic carbocycles. The maximum atomic E-state index is 12.5. The second-order valence-corrected chi connectivity index (χ2v) is 4.36. The molecule has 0 saturated carbocycles. The zero-order valence-corrected chi connectivity index (χ0v) is 10.6. The van der Waals surface area contributed by atoms with Gasteiger partial charge in [-0.05, 0) is 25.1 Å². The number of halogens is 3. The Morgan fingerprint density at radius 2 is 1.84 bits per heavy atom. The quantitative estimate of drug-likeness (QED) is 0.926. The van der Waals surface area contributed by atoms with Crippen LogP contribution in [0, 0.1) is 6.92 Å². The van der Waals surface area contributed by atoms with Crippen LogP contribution in [0.1, 0.15) is 17.0 Å². The summed E-state index contributed by atoms with van der Waals surface area (Å²) in [6.07, 6.45) is -4.40. The predicted octanol–water partition coefficient (Wildman–Crippen LogP) is 3.36. The van der Waals surface area contributed by atoms with E-state index in [-0.39, 0.29) is 0 Å². The van der Waals surface area contributed by atoms with Gasteiger partial charge in [-0.25, -0.2) is 0 Å². The molecule has 102 valence electrons. The van der Waals surface area contributed by atoms with Gasteiger partial charge < -0.3 is 5.32 Å². The fourth-order valence-corrected chi connectivity index (χ4v) is 1.67. The molecule has 0 bridgehead atoms. The van der Waals surface area contributed by atoms with Crippen LogP contribution in [0.15, 0.2) is 30.3 Å². The number of alkyl halides is 3. The van der Waals surface area contributed by atoms with Crippen molar-refractivity contribution in [3.8, 4) is 0 Å². The minimum absolute atomic E-state index is 0.294. The minimum Gasteiger partial charge on any atom is -0.379 e. The van der Waals surface area contributed by atoms with Gasteiger partial charge in [-0.1, -0.05) is 17.7 Å². The van der Waals surface area contributed by atoms with Crippen LogP contribution < -0.4 is 5.32 Å². The van der Waals surface area contributed by atoms with Crippen molar-refractivity contribution in [3.63, 3.8) is 0 Å². The van der Waals surface area contributed by atoms with Gasteiger partial charge in [-0.2, -0.15) is 18.3 Å². The topological polar surface area (TPSA) is 29.9 Å². The van der Waals surface area contributed by atoms with E-state index in [4.69, 9.17) is 0 Å².